The number of nitrogens with zero attached hydrogens (tertiary/aromatic N) is 1. The number of hydrogen-bond acceptors (Lipinski definition) is 3. The molecule has 3 nitrogen and oxygen atoms in total. The first kappa shape index (κ1) is 15.2. The number of nitrogens with two attached hydrogens (primary N) is 1. The Bertz CT molecular complexity index is 683. The summed E-state index contributed by atoms with van der Waals surface area (Å²) < 4.78 is 39.2. The number of alkyl halides is 3. The lowest BCUT2D eigenvalue weighted by atomic mass is 10.1. The molecule has 2 aromatic rings. The Kier molecular flexibility index (Phi) is 4.13. The van der Waals surface area contributed by atoms with Crippen LogP contribution < -0.4 is 11.1 Å². The van der Waals surface area contributed by atoms with Gasteiger partial charge in [0, 0.05) is 17.4 Å². The molecule has 0 saturated heterocycles. The van der Waals surface area contributed by atoms with Crippen molar-refractivity contribution >= 4 is 28.6 Å². The molecule has 0 unspecified atom stereocenters. The molecule has 0 aliphatic carbocycles. The topological polar surface area (TPSA) is 50.9 Å². The molecule has 0 fully saturated rings. The predicted octanol–water partition coefficient (Wildman–Crippen LogP) is 3.79. The maximum atomic E-state index is 13.1. The van der Waals surface area contributed by atoms with Crippen molar-refractivity contribution in [1.29, 1.82) is 0 Å². The minimum absolute atomic E-state index is 0.189. The third-order valence-electron chi connectivity index (χ3n) is 2.91. The number of aromatic nitrogens is 1. The zero-order valence-corrected chi connectivity index (χ0v) is 11.8. The fraction of sp³-hybridized carbons (Fsp3) is 0.143. The number of rotatable bonds is 3. The van der Waals surface area contributed by atoms with Gasteiger partial charge in [-0.2, -0.15) is 13.2 Å². The minimum Gasteiger partial charge on any atom is -0.389 e. The van der Waals surface area contributed by atoms with Crippen LogP contribution in [0, 0.1) is 6.92 Å². The van der Waals surface area contributed by atoms with Crippen LogP contribution in [-0.2, 0) is 6.18 Å². The first-order chi connectivity index (χ1) is 9.79. The summed E-state index contributed by atoms with van der Waals surface area (Å²) in [6.07, 6.45) is -1.37. The number of aryl methyl sites for hydroxylation is 1. The van der Waals surface area contributed by atoms with E-state index in [0.29, 0.717) is 11.4 Å². The van der Waals surface area contributed by atoms with E-state index >= 15 is 0 Å². The van der Waals surface area contributed by atoms with Crippen LogP contribution in [0.5, 0.6) is 0 Å². The molecule has 0 amide bonds. The van der Waals surface area contributed by atoms with Crippen LogP contribution in [0.25, 0.3) is 0 Å². The third kappa shape index (κ3) is 3.49. The van der Waals surface area contributed by atoms with Gasteiger partial charge in [-0.3, -0.25) is 4.98 Å². The molecule has 0 atom stereocenters. The number of hydrogen-bond donors (Lipinski definition) is 2. The molecule has 3 N–H and O–H groups in total. The smallest absolute Gasteiger partial charge is 0.389 e. The summed E-state index contributed by atoms with van der Waals surface area (Å²) in [4.78, 5) is 3.65. The largest absolute Gasteiger partial charge is 0.417 e. The lowest BCUT2D eigenvalue weighted by Gasteiger charge is -2.15. The summed E-state index contributed by atoms with van der Waals surface area (Å²) in [5, 5.41) is 2.90. The van der Waals surface area contributed by atoms with Gasteiger partial charge in [0.15, 0.2) is 0 Å². The van der Waals surface area contributed by atoms with E-state index in [9.17, 15) is 13.2 Å². The Morgan fingerprint density at radius 3 is 2.57 bits per heavy atom. The molecule has 1 heterocycles. The summed E-state index contributed by atoms with van der Waals surface area (Å²) >= 11 is 4.66. The fourth-order valence-electron chi connectivity index (χ4n) is 1.82. The Morgan fingerprint density at radius 1 is 1.29 bits per heavy atom. The lowest BCUT2D eigenvalue weighted by molar-refractivity contribution is -0.137. The highest BCUT2D eigenvalue weighted by atomic mass is 32.1. The highest BCUT2D eigenvalue weighted by Crippen LogP contribution is 2.34. The maximum Gasteiger partial charge on any atom is 0.417 e. The second-order valence-corrected chi connectivity index (χ2v) is 4.88. The molecule has 1 aromatic carbocycles. The number of nitrogens with one attached hydrogen (secondary N) is 1. The average Bonchev–Trinajstić information content (AvgIpc) is 2.40. The Morgan fingerprint density at radius 2 is 2.00 bits per heavy atom. The molecule has 2 rings (SSSR count). The highest BCUT2D eigenvalue weighted by molar-refractivity contribution is 7.80. The Hall–Kier alpha value is -2.15. The van der Waals surface area contributed by atoms with Crippen LogP contribution in [0.15, 0.2) is 36.7 Å². The van der Waals surface area contributed by atoms with Crippen molar-refractivity contribution < 1.29 is 13.2 Å². The van der Waals surface area contributed by atoms with Crippen molar-refractivity contribution in [3.63, 3.8) is 0 Å². The lowest BCUT2D eigenvalue weighted by Crippen LogP contribution is -2.18. The van der Waals surface area contributed by atoms with E-state index in [1.807, 2.05) is 6.92 Å². The van der Waals surface area contributed by atoms with E-state index in [-0.39, 0.29) is 10.6 Å². The fourth-order valence-corrected chi connectivity index (χ4v) is 2.00. The molecule has 1 aromatic heterocycles. The van der Waals surface area contributed by atoms with Gasteiger partial charge in [0.25, 0.3) is 0 Å². The number of benzene rings is 1. The van der Waals surface area contributed by atoms with Crippen molar-refractivity contribution in [2.24, 2.45) is 5.73 Å². The molecule has 110 valence electrons. The van der Waals surface area contributed by atoms with Crippen molar-refractivity contribution in [1.82, 2.24) is 4.98 Å². The number of anilines is 2. The van der Waals surface area contributed by atoms with Gasteiger partial charge in [0.05, 0.1) is 17.4 Å². The monoisotopic (exact) mass is 311 g/mol. The zero-order valence-electron chi connectivity index (χ0n) is 11.0. The van der Waals surface area contributed by atoms with Crippen LogP contribution in [0.1, 0.15) is 16.7 Å². The molecule has 0 saturated carbocycles. The summed E-state index contributed by atoms with van der Waals surface area (Å²) in [6.45, 7) is 1.83. The standard InChI is InChI=1S/C14H12F3N3S/c1-8-4-5-19-7-12(8)20-9-2-3-10(13(18)21)11(6-9)14(15,16)17/h2-7,20H,1H3,(H2,18,21). The SMILES string of the molecule is Cc1ccncc1Nc1ccc(C(N)=S)c(C(F)(F)F)c1. The molecular formula is C14H12F3N3S. The van der Waals surface area contributed by atoms with Crippen molar-refractivity contribution in [2.45, 2.75) is 13.1 Å². The molecule has 0 aliphatic rings. The third-order valence-corrected chi connectivity index (χ3v) is 3.13. The molecule has 21 heavy (non-hydrogen) atoms. The van der Waals surface area contributed by atoms with Crippen LogP contribution in [0.4, 0.5) is 24.5 Å². The van der Waals surface area contributed by atoms with E-state index in [1.165, 1.54) is 12.1 Å². The van der Waals surface area contributed by atoms with Gasteiger partial charge in [0.1, 0.15) is 4.99 Å². The summed E-state index contributed by atoms with van der Waals surface area (Å²) in [5.41, 5.74) is 6.09. The highest BCUT2D eigenvalue weighted by Gasteiger charge is 2.34. The summed E-state index contributed by atoms with van der Waals surface area (Å²) in [7, 11) is 0. The second kappa shape index (κ2) is 5.69. The van der Waals surface area contributed by atoms with Gasteiger partial charge in [-0.15, -0.1) is 0 Å². The van der Waals surface area contributed by atoms with Crippen molar-refractivity contribution in [2.75, 3.05) is 5.32 Å². The number of thiocarbonyl (C=S) groups is 1. The van der Waals surface area contributed by atoms with Gasteiger partial charge in [-0.05, 0) is 36.8 Å². The van der Waals surface area contributed by atoms with E-state index in [4.69, 9.17) is 5.73 Å². The zero-order chi connectivity index (χ0) is 15.6. The summed E-state index contributed by atoms with van der Waals surface area (Å²) in [6, 6.07) is 5.51. The van der Waals surface area contributed by atoms with Crippen LogP contribution in [0.3, 0.4) is 0 Å². The number of pyridine rings is 1. The van der Waals surface area contributed by atoms with E-state index in [2.05, 4.69) is 22.5 Å². The number of halogens is 3. The van der Waals surface area contributed by atoms with Gasteiger partial charge in [-0.25, -0.2) is 0 Å². The van der Waals surface area contributed by atoms with E-state index < -0.39 is 11.7 Å². The molecule has 0 aliphatic heterocycles. The van der Waals surface area contributed by atoms with Crippen molar-refractivity contribution in [3.05, 3.63) is 53.3 Å². The van der Waals surface area contributed by atoms with Gasteiger partial charge in [-0.1, -0.05) is 12.2 Å². The van der Waals surface area contributed by atoms with E-state index in [1.54, 1.807) is 18.5 Å². The molecule has 7 heteroatoms. The quantitative estimate of drug-likeness (QED) is 0.847. The van der Waals surface area contributed by atoms with Gasteiger partial charge in [0.2, 0.25) is 0 Å². The molecule has 0 bridgehead atoms. The van der Waals surface area contributed by atoms with Crippen LogP contribution in [0.2, 0.25) is 0 Å². The van der Waals surface area contributed by atoms with Gasteiger partial charge >= 0.3 is 6.18 Å². The van der Waals surface area contributed by atoms with E-state index in [0.717, 1.165) is 11.6 Å². The van der Waals surface area contributed by atoms with Crippen LogP contribution >= 0.6 is 12.2 Å². The average molecular weight is 311 g/mol. The minimum atomic E-state index is -4.53. The predicted molar refractivity (Wildman–Crippen MR) is 79.6 cm³/mol. The first-order valence-corrected chi connectivity index (χ1v) is 6.38. The molecular weight excluding hydrogens is 299 g/mol. The Labute approximate surface area is 125 Å². The second-order valence-electron chi connectivity index (χ2n) is 4.44. The molecule has 0 radical (unpaired) electrons. The molecule has 0 spiro atoms. The first-order valence-electron chi connectivity index (χ1n) is 5.97. The van der Waals surface area contributed by atoms with Gasteiger partial charge < -0.3 is 11.1 Å². The normalized spacial score (nSPS) is 11.2. The van der Waals surface area contributed by atoms with Crippen molar-refractivity contribution in [3.8, 4) is 0 Å². The van der Waals surface area contributed by atoms with Crippen LogP contribution in [-0.4, -0.2) is 9.97 Å². The summed E-state index contributed by atoms with van der Waals surface area (Å²) in [5.74, 6) is 0. The maximum absolute atomic E-state index is 13.1. The Balaban J connectivity index is 2.43.